The molecule has 0 saturated carbocycles. The van der Waals surface area contributed by atoms with Gasteiger partial charge in [-0.15, -0.1) is 0 Å². The first-order valence-corrected chi connectivity index (χ1v) is 5.37. The van der Waals surface area contributed by atoms with Gasteiger partial charge in [0.2, 0.25) is 5.91 Å². The molecule has 0 spiro atoms. The van der Waals surface area contributed by atoms with Crippen LogP contribution in [0.25, 0.3) is 0 Å². The maximum Gasteiger partial charge on any atom is 0.222 e. The number of pyridine rings is 1. The van der Waals surface area contributed by atoms with Crippen LogP contribution in [-0.2, 0) is 11.3 Å². The molecule has 84 valence electrons. The van der Waals surface area contributed by atoms with E-state index in [4.69, 9.17) is 0 Å². The van der Waals surface area contributed by atoms with Crippen LogP contribution in [0.2, 0.25) is 0 Å². The van der Waals surface area contributed by atoms with E-state index in [0.29, 0.717) is 13.0 Å². The molecule has 0 aromatic carbocycles. The Morgan fingerprint density at radius 1 is 1.33 bits per heavy atom. The second-order valence-corrected chi connectivity index (χ2v) is 2.96. The topological polar surface area (TPSA) is 33.2 Å². The summed E-state index contributed by atoms with van der Waals surface area (Å²) in [5, 5.41) is 0. The van der Waals surface area contributed by atoms with Gasteiger partial charge in [-0.1, -0.05) is 20.8 Å². The van der Waals surface area contributed by atoms with E-state index < -0.39 is 0 Å². The quantitative estimate of drug-likeness (QED) is 0.764. The smallest absolute Gasteiger partial charge is 0.222 e. The van der Waals surface area contributed by atoms with Crippen molar-refractivity contribution in [3.8, 4) is 0 Å². The van der Waals surface area contributed by atoms with Crippen molar-refractivity contribution in [1.29, 1.82) is 0 Å². The summed E-state index contributed by atoms with van der Waals surface area (Å²) >= 11 is 0. The van der Waals surface area contributed by atoms with E-state index in [1.165, 1.54) is 0 Å². The molecule has 1 amide bonds. The number of carbonyl (C=O) groups is 1. The van der Waals surface area contributed by atoms with Crippen LogP contribution in [0.4, 0.5) is 0 Å². The number of aromatic nitrogens is 1. The first-order chi connectivity index (χ1) is 7.24. The van der Waals surface area contributed by atoms with Crippen molar-refractivity contribution in [2.75, 3.05) is 7.05 Å². The number of carbonyl (C=O) groups excluding carboxylic acids is 1. The fourth-order valence-electron chi connectivity index (χ4n) is 1.12. The number of amides is 1. The van der Waals surface area contributed by atoms with Crippen LogP contribution in [0.1, 0.15) is 32.8 Å². The van der Waals surface area contributed by atoms with E-state index in [-0.39, 0.29) is 5.91 Å². The molecule has 1 rings (SSSR count). The lowest BCUT2D eigenvalue weighted by Gasteiger charge is -2.15. The second-order valence-electron chi connectivity index (χ2n) is 2.96. The van der Waals surface area contributed by atoms with E-state index in [0.717, 1.165) is 5.56 Å². The third-order valence-corrected chi connectivity index (χ3v) is 1.90. The largest absolute Gasteiger partial charge is 0.341 e. The number of hydrogen-bond donors (Lipinski definition) is 0. The minimum Gasteiger partial charge on any atom is -0.341 e. The van der Waals surface area contributed by atoms with Gasteiger partial charge in [-0.05, 0) is 17.7 Å². The molecule has 1 aromatic heterocycles. The molecule has 0 fully saturated rings. The van der Waals surface area contributed by atoms with Crippen molar-refractivity contribution in [3.05, 3.63) is 30.1 Å². The SMILES string of the molecule is CC.CCC(=O)N(C)Cc1ccncc1. The van der Waals surface area contributed by atoms with Crippen LogP contribution in [-0.4, -0.2) is 22.8 Å². The zero-order valence-electron chi connectivity index (χ0n) is 10.0. The number of rotatable bonds is 3. The molecule has 0 aliphatic heterocycles. The maximum absolute atomic E-state index is 11.2. The molecule has 0 unspecified atom stereocenters. The molecule has 3 nitrogen and oxygen atoms in total. The third kappa shape index (κ3) is 5.15. The van der Waals surface area contributed by atoms with Gasteiger partial charge in [0.05, 0.1) is 0 Å². The lowest BCUT2D eigenvalue weighted by molar-refractivity contribution is -0.130. The minimum absolute atomic E-state index is 0.164. The van der Waals surface area contributed by atoms with Gasteiger partial charge in [0.1, 0.15) is 0 Å². The van der Waals surface area contributed by atoms with Crippen LogP contribution in [0.15, 0.2) is 24.5 Å². The average Bonchev–Trinajstić information content (AvgIpc) is 2.32. The van der Waals surface area contributed by atoms with Crippen molar-refractivity contribution in [3.63, 3.8) is 0 Å². The van der Waals surface area contributed by atoms with Gasteiger partial charge < -0.3 is 4.90 Å². The molecule has 0 bridgehead atoms. The zero-order chi connectivity index (χ0) is 11.7. The molecule has 0 radical (unpaired) electrons. The second kappa shape index (κ2) is 7.97. The molecule has 0 aliphatic rings. The van der Waals surface area contributed by atoms with Gasteiger partial charge in [0.25, 0.3) is 0 Å². The molecule has 0 saturated heterocycles. The van der Waals surface area contributed by atoms with E-state index in [1.54, 1.807) is 17.3 Å². The lowest BCUT2D eigenvalue weighted by atomic mass is 10.2. The standard InChI is InChI=1S/C10H14N2O.C2H6/c1-3-10(13)12(2)8-9-4-6-11-7-5-9;1-2/h4-7H,3,8H2,1-2H3;1-2H3. The number of nitrogens with zero attached hydrogens (tertiary/aromatic N) is 2. The Morgan fingerprint density at radius 3 is 2.33 bits per heavy atom. The minimum atomic E-state index is 0.164. The Labute approximate surface area is 92.1 Å². The van der Waals surface area contributed by atoms with Gasteiger partial charge in [-0.3, -0.25) is 9.78 Å². The van der Waals surface area contributed by atoms with Crippen molar-refractivity contribution in [2.24, 2.45) is 0 Å². The van der Waals surface area contributed by atoms with Crippen LogP contribution < -0.4 is 0 Å². The molecule has 0 N–H and O–H groups in total. The van der Waals surface area contributed by atoms with Gasteiger partial charge in [0.15, 0.2) is 0 Å². The fourth-order valence-corrected chi connectivity index (χ4v) is 1.12. The van der Waals surface area contributed by atoms with E-state index >= 15 is 0 Å². The van der Waals surface area contributed by atoms with Crippen LogP contribution in [0.3, 0.4) is 0 Å². The summed E-state index contributed by atoms with van der Waals surface area (Å²) in [5.74, 6) is 0.164. The molecule has 3 heteroatoms. The van der Waals surface area contributed by atoms with Gasteiger partial charge >= 0.3 is 0 Å². The van der Waals surface area contributed by atoms with E-state index in [1.807, 2.05) is 40.0 Å². The maximum atomic E-state index is 11.2. The van der Waals surface area contributed by atoms with Crippen molar-refractivity contribution < 1.29 is 4.79 Å². The highest BCUT2D eigenvalue weighted by molar-refractivity contribution is 5.75. The highest BCUT2D eigenvalue weighted by Crippen LogP contribution is 2.01. The van der Waals surface area contributed by atoms with Crippen molar-refractivity contribution in [2.45, 2.75) is 33.7 Å². The molecule has 1 aromatic rings. The summed E-state index contributed by atoms with van der Waals surface area (Å²) in [6.07, 6.45) is 4.03. The average molecular weight is 208 g/mol. The van der Waals surface area contributed by atoms with Crippen LogP contribution in [0, 0.1) is 0 Å². The summed E-state index contributed by atoms with van der Waals surface area (Å²) in [4.78, 5) is 16.9. The summed E-state index contributed by atoms with van der Waals surface area (Å²) in [5.41, 5.74) is 1.11. The predicted molar refractivity (Wildman–Crippen MR) is 62.4 cm³/mol. The monoisotopic (exact) mass is 208 g/mol. The van der Waals surface area contributed by atoms with Crippen LogP contribution >= 0.6 is 0 Å². The van der Waals surface area contributed by atoms with Gasteiger partial charge in [-0.25, -0.2) is 0 Å². The molecule has 0 aliphatic carbocycles. The van der Waals surface area contributed by atoms with Gasteiger partial charge in [-0.2, -0.15) is 0 Å². The number of hydrogen-bond acceptors (Lipinski definition) is 2. The summed E-state index contributed by atoms with van der Waals surface area (Å²) in [6.45, 7) is 6.53. The highest BCUT2D eigenvalue weighted by Gasteiger charge is 2.05. The Kier molecular flexibility index (Phi) is 7.24. The van der Waals surface area contributed by atoms with E-state index in [9.17, 15) is 4.79 Å². The summed E-state index contributed by atoms with van der Waals surface area (Å²) < 4.78 is 0. The Bertz CT molecular complexity index is 272. The summed E-state index contributed by atoms with van der Waals surface area (Å²) in [7, 11) is 1.81. The van der Waals surface area contributed by atoms with Crippen LogP contribution in [0.5, 0.6) is 0 Å². The molecule has 15 heavy (non-hydrogen) atoms. The van der Waals surface area contributed by atoms with E-state index in [2.05, 4.69) is 4.98 Å². The first kappa shape index (κ1) is 13.6. The Hall–Kier alpha value is -1.38. The fraction of sp³-hybridized carbons (Fsp3) is 0.500. The first-order valence-electron chi connectivity index (χ1n) is 5.37. The Morgan fingerprint density at radius 2 is 1.87 bits per heavy atom. The molecular weight excluding hydrogens is 188 g/mol. The molecule has 1 heterocycles. The van der Waals surface area contributed by atoms with Gasteiger partial charge in [0, 0.05) is 32.4 Å². The Balaban J connectivity index is 0.000000921. The molecule has 0 atom stereocenters. The predicted octanol–water partition coefficient (Wildman–Crippen LogP) is 2.48. The van der Waals surface area contributed by atoms with Crippen molar-refractivity contribution >= 4 is 5.91 Å². The normalized spacial score (nSPS) is 8.80. The third-order valence-electron chi connectivity index (χ3n) is 1.90. The summed E-state index contributed by atoms with van der Waals surface area (Å²) in [6, 6.07) is 3.83. The van der Waals surface area contributed by atoms with Crippen molar-refractivity contribution in [1.82, 2.24) is 9.88 Å². The molecular formula is C12H20N2O. The lowest BCUT2D eigenvalue weighted by Crippen LogP contribution is -2.25. The zero-order valence-corrected chi connectivity index (χ0v) is 10.0. The highest BCUT2D eigenvalue weighted by atomic mass is 16.2.